The van der Waals surface area contributed by atoms with E-state index in [1.54, 1.807) is 12.4 Å². The van der Waals surface area contributed by atoms with Crippen molar-refractivity contribution < 1.29 is 4.79 Å². The molecule has 0 bridgehead atoms. The van der Waals surface area contributed by atoms with Gasteiger partial charge in [0.1, 0.15) is 5.82 Å². The van der Waals surface area contributed by atoms with Gasteiger partial charge in [-0.3, -0.25) is 4.79 Å². The first-order chi connectivity index (χ1) is 11.2. The number of hydrogen-bond acceptors (Lipinski definition) is 4. The molecule has 2 saturated heterocycles. The largest absolute Gasteiger partial charge is 0.349 e. The van der Waals surface area contributed by atoms with Crippen molar-refractivity contribution in [3.05, 3.63) is 23.2 Å². The zero-order valence-corrected chi connectivity index (χ0v) is 14.3. The second-order valence-corrected chi connectivity index (χ2v) is 7.07. The third-order valence-electron chi connectivity index (χ3n) is 5.09. The fraction of sp³-hybridized carbons (Fsp3) is 0.706. The first-order valence-electron chi connectivity index (χ1n) is 8.69. The molecule has 1 N–H and O–H groups in total. The average Bonchev–Trinajstić information content (AvgIpc) is 2.59. The highest BCUT2D eigenvalue weighted by molar-refractivity contribution is 6.30. The van der Waals surface area contributed by atoms with Crippen LogP contribution in [-0.4, -0.2) is 39.9 Å². The van der Waals surface area contributed by atoms with E-state index in [0.29, 0.717) is 35.8 Å². The van der Waals surface area contributed by atoms with Crippen LogP contribution >= 0.6 is 11.6 Å². The Morgan fingerprint density at radius 3 is 2.83 bits per heavy atom. The minimum Gasteiger partial charge on any atom is -0.349 e. The Morgan fingerprint density at radius 1 is 1.22 bits per heavy atom. The lowest BCUT2D eigenvalue weighted by molar-refractivity contribution is -0.121. The fourth-order valence-corrected chi connectivity index (χ4v) is 4.02. The summed E-state index contributed by atoms with van der Waals surface area (Å²) in [6.07, 6.45) is 11.2. The van der Waals surface area contributed by atoms with Gasteiger partial charge in [-0.25, -0.2) is 9.97 Å². The van der Waals surface area contributed by atoms with Crippen LogP contribution in [0.2, 0.25) is 5.02 Å². The van der Waals surface area contributed by atoms with Crippen molar-refractivity contribution >= 4 is 17.5 Å². The summed E-state index contributed by atoms with van der Waals surface area (Å²) in [5.41, 5.74) is 0. The molecule has 3 heterocycles. The van der Waals surface area contributed by atoms with Gasteiger partial charge in [-0.15, -0.1) is 0 Å². The maximum absolute atomic E-state index is 12.1. The molecule has 1 amide bonds. The number of halogens is 1. The Kier molecular flexibility index (Phi) is 5.84. The van der Waals surface area contributed by atoms with Crippen molar-refractivity contribution in [2.45, 2.75) is 57.5 Å². The van der Waals surface area contributed by atoms with Crippen LogP contribution in [0.25, 0.3) is 0 Å². The number of hydrogen-bond donors (Lipinski definition) is 1. The molecule has 2 fully saturated rings. The summed E-state index contributed by atoms with van der Waals surface area (Å²) < 4.78 is 0. The molecule has 0 unspecified atom stereocenters. The number of nitrogens with zero attached hydrogens (tertiary/aromatic N) is 3. The summed E-state index contributed by atoms with van der Waals surface area (Å²) in [7, 11) is 0. The van der Waals surface area contributed by atoms with Crippen LogP contribution in [0.4, 0.5) is 0 Å². The van der Waals surface area contributed by atoms with E-state index in [9.17, 15) is 4.79 Å². The number of amides is 1. The minimum atomic E-state index is 0.0940. The van der Waals surface area contributed by atoms with Gasteiger partial charge in [-0.1, -0.05) is 18.0 Å². The highest BCUT2D eigenvalue weighted by atomic mass is 35.5. The smallest absolute Gasteiger partial charge is 0.220 e. The number of carbonyl (C=O) groups excluding carboxylic acids is 1. The molecule has 6 heteroatoms. The second kappa shape index (κ2) is 8.06. The summed E-state index contributed by atoms with van der Waals surface area (Å²) in [6, 6.07) is 0.713. The summed E-state index contributed by atoms with van der Waals surface area (Å²) >= 11 is 5.75. The van der Waals surface area contributed by atoms with Gasteiger partial charge >= 0.3 is 0 Å². The maximum atomic E-state index is 12.1. The van der Waals surface area contributed by atoms with Gasteiger partial charge < -0.3 is 10.2 Å². The number of nitrogens with one attached hydrogen (secondary N) is 1. The molecule has 0 aliphatic carbocycles. The summed E-state index contributed by atoms with van der Waals surface area (Å²) in [6.45, 7) is 2.87. The normalized spacial score (nSPS) is 24.9. The van der Waals surface area contributed by atoms with Crippen LogP contribution in [0.15, 0.2) is 12.4 Å². The zero-order valence-electron chi connectivity index (χ0n) is 13.5. The molecular weight excluding hydrogens is 312 g/mol. The van der Waals surface area contributed by atoms with Crippen LogP contribution in [0.5, 0.6) is 0 Å². The van der Waals surface area contributed by atoms with Crippen LogP contribution < -0.4 is 5.32 Å². The Labute approximate surface area is 142 Å². The van der Waals surface area contributed by atoms with Gasteiger partial charge in [0, 0.05) is 24.9 Å². The molecule has 2 atom stereocenters. The van der Waals surface area contributed by atoms with E-state index >= 15 is 0 Å². The molecular formula is C17H25ClN4O. The fourth-order valence-electron chi connectivity index (χ4n) is 3.93. The zero-order chi connectivity index (χ0) is 16.1. The van der Waals surface area contributed by atoms with Crippen molar-refractivity contribution in [1.82, 2.24) is 20.2 Å². The van der Waals surface area contributed by atoms with Crippen molar-refractivity contribution in [1.29, 1.82) is 0 Å². The number of carbonyl (C=O) groups is 1. The molecule has 0 spiro atoms. The van der Waals surface area contributed by atoms with E-state index < -0.39 is 0 Å². The third-order valence-corrected chi connectivity index (χ3v) is 5.28. The van der Waals surface area contributed by atoms with Gasteiger partial charge in [-0.2, -0.15) is 0 Å². The van der Waals surface area contributed by atoms with E-state index in [-0.39, 0.29) is 5.91 Å². The number of piperidine rings is 2. The molecule has 2 aliphatic heterocycles. The Hall–Kier alpha value is -1.20. The predicted molar refractivity (Wildman–Crippen MR) is 90.1 cm³/mol. The Balaban J connectivity index is 1.42. The van der Waals surface area contributed by atoms with E-state index in [1.807, 2.05) is 0 Å². The van der Waals surface area contributed by atoms with E-state index in [1.165, 1.54) is 45.2 Å². The predicted octanol–water partition coefficient (Wildman–Crippen LogP) is 2.79. The number of rotatable bonds is 5. The molecule has 1 aromatic heterocycles. The van der Waals surface area contributed by atoms with Crippen molar-refractivity contribution in [3.8, 4) is 0 Å². The molecule has 0 saturated carbocycles. The quantitative estimate of drug-likeness (QED) is 0.898. The molecule has 0 radical (unpaired) electrons. The van der Waals surface area contributed by atoms with Crippen LogP contribution in [0.3, 0.4) is 0 Å². The molecule has 126 valence electrons. The molecule has 23 heavy (non-hydrogen) atoms. The Bertz CT molecular complexity index is 520. The van der Waals surface area contributed by atoms with E-state index in [2.05, 4.69) is 20.2 Å². The lowest BCUT2D eigenvalue weighted by atomic mass is 9.81. The number of fused-ring (bicyclic) bond motifs is 1. The molecule has 2 aliphatic rings. The van der Waals surface area contributed by atoms with Crippen LogP contribution in [0.1, 0.15) is 50.8 Å². The third kappa shape index (κ3) is 4.64. The Morgan fingerprint density at radius 2 is 2.00 bits per heavy atom. The summed E-state index contributed by atoms with van der Waals surface area (Å²) in [4.78, 5) is 22.9. The first kappa shape index (κ1) is 16.7. The van der Waals surface area contributed by atoms with Crippen LogP contribution in [-0.2, 0) is 11.3 Å². The topological polar surface area (TPSA) is 58.1 Å². The van der Waals surface area contributed by atoms with E-state index in [0.717, 1.165) is 6.42 Å². The summed E-state index contributed by atoms with van der Waals surface area (Å²) in [5.74, 6) is 1.37. The molecule has 3 rings (SSSR count). The highest BCUT2D eigenvalue weighted by Crippen LogP contribution is 2.33. The number of aromatic nitrogens is 2. The molecule has 5 nitrogen and oxygen atoms in total. The molecule has 0 aromatic carbocycles. The van der Waals surface area contributed by atoms with E-state index in [4.69, 9.17) is 11.6 Å². The van der Waals surface area contributed by atoms with Crippen molar-refractivity contribution in [2.24, 2.45) is 5.92 Å². The van der Waals surface area contributed by atoms with Crippen molar-refractivity contribution in [2.75, 3.05) is 13.1 Å². The van der Waals surface area contributed by atoms with Crippen LogP contribution in [0, 0.1) is 5.92 Å². The van der Waals surface area contributed by atoms with Crippen molar-refractivity contribution in [3.63, 3.8) is 0 Å². The first-order valence-corrected chi connectivity index (χ1v) is 9.07. The molecule has 1 aromatic rings. The van der Waals surface area contributed by atoms with Gasteiger partial charge in [0.15, 0.2) is 0 Å². The minimum absolute atomic E-state index is 0.0940. The lowest BCUT2D eigenvalue weighted by Crippen LogP contribution is -2.48. The van der Waals surface area contributed by atoms with Gasteiger partial charge in [0.05, 0.1) is 11.6 Å². The summed E-state index contributed by atoms with van der Waals surface area (Å²) in [5, 5.41) is 3.42. The van der Waals surface area contributed by atoms with Gasteiger partial charge in [-0.05, 0) is 51.1 Å². The standard InChI is InChI=1S/C17H25ClN4O/c18-14-10-19-16(20-11-14)12-21-17(23)7-6-13-4-3-9-22-8-2-1-5-15(13)22/h10-11,13,15H,1-9,12H2,(H,21,23)/t13-,15+/m0/s1. The average molecular weight is 337 g/mol. The lowest BCUT2D eigenvalue weighted by Gasteiger charge is -2.44. The van der Waals surface area contributed by atoms with Gasteiger partial charge in [0.2, 0.25) is 5.91 Å². The second-order valence-electron chi connectivity index (χ2n) is 6.63. The monoisotopic (exact) mass is 336 g/mol. The highest BCUT2D eigenvalue weighted by Gasteiger charge is 2.32. The van der Waals surface area contributed by atoms with Gasteiger partial charge in [0.25, 0.3) is 0 Å². The maximum Gasteiger partial charge on any atom is 0.220 e. The SMILES string of the molecule is O=C(CC[C@@H]1CCCN2CCCC[C@H]12)NCc1ncc(Cl)cn1.